The van der Waals surface area contributed by atoms with Gasteiger partial charge in [0.2, 0.25) is 0 Å². The molecule has 0 amide bonds. The number of hydrogen-bond donors (Lipinski definition) is 3. The molecule has 0 fully saturated rings. The summed E-state index contributed by atoms with van der Waals surface area (Å²) >= 11 is 0. The molecule has 3 aromatic rings. The van der Waals surface area contributed by atoms with Crippen molar-refractivity contribution in [1.29, 1.82) is 0 Å². The predicted octanol–water partition coefficient (Wildman–Crippen LogP) is 2.88. The van der Waals surface area contributed by atoms with Crippen LogP contribution in [0.1, 0.15) is 11.3 Å². The minimum absolute atomic E-state index is 0.0415. The first-order chi connectivity index (χ1) is 13.5. The molecule has 2 aromatic heterocycles. The lowest BCUT2D eigenvalue weighted by molar-refractivity contribution is -0.384. The number of hydrogen-bond acceptors (Lipinski definition) is 7. The second-order valence-electron chi connectivity index (χ2n) is 6.18. The summed E-state index contributed by atoms with van der Waals surface area (Å²) in [6.45, 7) is 4.53. The number of nitrogens with one attached hydrogen (secondary N) is 3. The standard InChI is InChI=1S/C19H20N6O3/c1-12-13(2)23-18(24-19(12)26)14-7-8-17(22-11-14)21-10-9-20-15-5-3-4-6-16(15)25(27)28/h3-8,11,20H,9-10H2,1-2H3,(H,21,22)(H,23,24,26). The summed E-state index contributed by atoms with van der Waals surface area (Å²) in [5.41, 5.74) is 2.35. The van der Waals surface area contributed by atoms with Crippen molar-refractivity contribution in [2.45, 2.75) is 13.8 Å². The first kappa shape index (κ1) is 19.0. The number of nitro benzene ring substituents is 1. The summed E-state index contributed by atoms with van der Waals surface area (Å²) in [7, 11) is 0. The Kier molecular flexibility index (Phi) is 5.64. The molecule has 144 valence electrons. The highest BCUT2D eigenvalue weighted by molar-refractivity contribution is 5.61. The molecule has 0 aliphatic carbocycles. The number of nitro groups is 1. The number of rotatable bonds is 7. The highest BCUT2D eigenvalue weighted by Crippen LogP contribution is 2.22. The van der Waals surface area contributed by atoms with Crippen molar-refractivity contribution in [3.05, 3.63) is 74.3 Å². The molecule has 1 aromatic carbocycles. The Morgan fingerprint density at radius 1 is 1.11 bits per heavy atom. The molecular formula is C19H20N6O3. The van der Waals surface area contributed by atoms with Crippen LogP contribution in [0.3, 0.4) is 0 Å². The van der Waals surface area contributed by atoms with Gasteiger partial charge in [-0.1, -0.05) is 12.1 Å². The van der Waals surface area contributed by atoms with Gasteiger partial charge in [-0.25, -0.2) is 9.97 Å². The van der Waals surface area contributed by atoms with Gasteiger partial charge in [0, 0.05) is 42.2 Å². The monoisotopic (exact) mass is 380 g/mol. The van der Waals surface area contributed by atoms with E-state index in [1.807, 2.05) is 6.07 Å². The molecule has 0 atom stereocenters. The number of para-hydroxylation sites is 2. The summed E-state index contributed by atoms with van der Waals surface area (Å²) in [5, 5.41) is 17.2. The highest BCUT2D eigenvalue weighted by Gasteiger charge is 2.11. The fraction of sp³-hybridized carbons (Fsp3) is 0.211. The van der Waals surface area contributed by atoms with E-state index in [-0.39, 0.29) is 11.2 Å². The Balaban J connectivity index is 1.58. The van der Waals surface area contributed by atoms with Crippen LogP contribution in [0.15, 0.2) is 47.4 Å². The van der Waals surface area contributed by atoms with Crippen LogP contribution in [-0.4, -0.2) is 33.0 Å². The van der Waals surface area contributed by atoms with E-state index < -0.39 is 4.92 Å². The maximum Gasteiger partial charge on any atom is 0.292 e. The van der Waals surface area contributed by atoms with Crippen LogP contribution in [0.4, 0.5) is 17.2 Å². The molecule has 0 saturated heterocycles. The fourth-order valence-electron chi connectivity index (χ4n) is 2.59. The first-order valence-corrected chi connectivity index (χ1v) is 8.71. The molecule has 0 spiro atoms. The van der Waals surface area contributed by atoms with Gasteiger partial charge in [-0.3, -0.25) is 14.9 Å². The molecule has 0 aliphatic heterocycles. The van der Waals surface area contributed by atoms with Gasteiger partial charge < -0.3 is 15.6 Å². The average Bonchev–Trinajstić information content (AvgIpc) is 2.69. The van der Waals surface area contributed by atoms with E-state index in [0.29, 0.717) is 47.2 Å². The maximum absolute atomic E-state index is 11.9. The van der Waals surface area contributed by atoms with Gasteiger partial charge in [0.1, 0.15) is 17.3 Å². The fourth-order valence-corrected chi connectivity index (χ4v) is 2.59. The third-order valence-electron chi connectivity index (χ3n) is 4.28. The Hall–Kier alpha value is -3.75. The number of aryl methyl sites for hydroxylation is 1. The number of benzene rings is 1. The topological polar surface area (TPSA) is 126 Å². The minimum Gasteiger partial charge on any atom is -0.378 e. The predicted molar refractivity (Wildman–Crippen MR) is 108 cm³/mol. The van der Waals surface area contributed by atoms with Crippen molar-refractivity contribution in [2.24, 2.45) is 0 Å². The molecule has 0 bridgehead atoms. The molecule has 9 nitrogen and oxygen atoms in total. The van der Waals surface area contributed by atoms with Gasteiger partial charge in [0.25, 0.3) is 11.2 Å². The first-order valence-electron chi connectivity index (χ1n) is 8.71. The van der Waals surface area contributed by atoms with Crippen LogP contribution < -0.4 is 16.2 Å². The number of nitrogens with zero attached hydrogens (tertiary/aromatic N) is 3. The van der Waals surface area contributed by atoms with Crippen molar-refractivity contribution >= 4 is 17.2 Å². The molecule has 28 heavy (non-hydrogen) atoms. The largest absolute Gasteiger partial charge is 0.378 e. The van der Waals surface area contributed by atoms with Gasteiger partial charge in [-0.05, 0) is 32.0 Å². The van der Waals surface area contributed by atoms with Crippen LogP contribution in [0, 0.1) is 24.0 Å². The van der Waals surface area contributed by atoms with Crippen LogP contribution in [0.2, 0.25) is 0 Å². The normalized spacial score (nSPS) is 10.5. The number of aromatic nitrogens is 3. The van der Waals surface area contributed by atoms with Gasteiger partial charge in [0.05, 0.1) is 4.92 Å². The molecule has 3 N–H and O–H groups in total. The van der Waals surface area contributed by atoms with Crippen molar-refractivity contribution in [2.75, 3.05) is 23.7 Å². The van der Waals surface area contributed by atoms with Crippen LogP contribution in [-0.2, 0) is 0 Å². The van der Waals surface area contributed by atoms with Crippen LogP contribution >= 0.6 is 0 Å². The van der Waals surface area contributed by atoms with Gasteiger partial charge in [0.15, 0.2) is 0 Å². The third kappa shape index (κ3) is 4.32. The number of anilines is 2. The zero-order chi connectivity index (χ0) is 20.1. The minimum atomic E-state index is -0.415. The number of aromatic amines is 1. The molecule has 0 unspecified atom stereocenters. The molecule has 0 radical (unpaired) electrons. The Bertz CT molecular complexity index is 1050. The zero-order valence-corrected chi connectivity index (χ0v) is 15.5. The lowest BCUT2D eigenvalue weighted by atomic mass is 10.2. The van der Waals surface area contributed by atoms with Gasteiger partial charge in [-0.15, -0.1) is 0 Å². The Morgan fingerprint density at radius 3 is 2.54 bits per heavy atom. The second-order valence-corrected chi connectivity index (χ2v) is 6.18. The van der Waals surface area contributed by atoms with Crippen molar-refractivity contribution in [3.63, 3.8) is 0 Å². The average molecular weight is 380 g/mol. The quantitative estimate of drug-likeness (QED) is 0.327. The smallest absolute Gasteiger partial charge is 0.292 e. The van der Waals surface area contributed by atoms with Gasteiger partial charge in [-0.2, -0.15) is 0 Å². The molecular weight excluding hydrogens is 360 g/mol. The van der Waals surface area contributed by atoms with E-state index in [9.17, 15) is 14.9 Å². The summed E-state index contributed by atoms with van der Waals surface area (Å²) < 4.78 is 0. The number of H-pyrrole nitrogens is 1. The van der Waals surface area contributed by atoms with E-state index in [0.717, 1.165) is 0 Å². The van der Waals surface area contributed by atoms with Crippen molar-refractivity contribution in [3.8, 4) is 11.4 Å². The van der Waals surface area contributed by atoms with Crippen molar-refractivity contribution < 1.29 is 4.92 Å². The second kappa shape index (κ2) is 8.30. The zero-order valence-electron chi connectivity index (χ0n) is 15.5. The summed E-state index contributed by atoms with van der Waals surface area (Å²) in [5.74, 6) is 1.13. The lowest BCUT2D eigenvalue weighted by Crippen LogP contribution is -2.15. The maximum atomic E-state index is 11.9. The summed E-state index contributed by atoms with van der Waals surface area (Å²) in [4.78, 5) is 33.9. The van der Waals surface area contributed by atoms with E-state index in [4.69, 9.17) is 0 Å². The van der Waals surface area contributed by atoms with E-state index in [1.165, 1.54) is 6.07 Å². The van der Waals surface area contributed by atoms with Crippen LogP contribution in [0.25, 0.3) is 11.4 Å². The van der Waals surface area contributed by atoms with Gasteiger partial charge >= 0.3 is 0 Å². The molecule has 0 aliphatic rings. The summed E-state index contributed by atoms with van der Waals surface area (Å²) in [6, 6.07) is 10.1. The van der Waals surface area contributed by atoms with E-state index >= 15 is 0 Å². The third-order valence-corrected chi connectivity index (χ3v) is 4.28. The van der Waals surface area contributed by atoms with E-state index in [1.54, 1.807) is 44.3 Å². The lowest BCUT2D eigenvalue weighted by Gasteiger charge is -2.09. The molecule has 3 rings (SSSR count). The Labute approximate surface area is 161 Å². The Morgan fingerprint density at radius 2 is 1.86 bits per heavy atom. The highest BCUT2D eigenvalue weighted by atomic mass is 16.6. The molecule has 0 saturated carbocycles. The van der Waals surface area contributed by atoms with Crippen LogP contribution in [0.5, 0.6) is 0 Å². The molecule has 9 heteroatoms. The van der Waals surface area contributed by atoms with E-state index in [2.05, 4.69) is 25.6 Å². The summed E-state index contributed by atoms with van der Waals surface area (Å²) in [6.07, 6.45) is 1.63. The SMILES string of the molecule is Cc1nc(-c2ccc(NCCNc3ccccc3[N+](=O)[O-])nc2)[nH]c(=O)c1C. The number of pyridine rings is 1. The van der Waals surface area contributed by atoms with Crippen molar-refractivity contribution in [1.82, 2.24) is 15.0 Å². The molecule has 2 heterocycles.